The minimum Gasteiger partial charge on any atom is -0.473 e. The maximum atomic E-state index is 13.7. The van der Waals surface area contributed by atoms with Crippen molar-refractivity contribution in [2.45, 2.75) is 25.6 Å². The average Bonchev–Trinajstić information content (AvgIpc) is 2.28. The number of hydrogen-bond acceptors (Lipinski definition) is 6. The highest BCUT2D eigenvalue weighted by atomic mass is 19.3. The summed E-state index contributed by atoms with van der Waals surface area (Å²) in [7, 11) is 0. The SMILES string of the molecule is CC1(C)Oc2cc([N+](=O)[O-])cc([N+](=O)[O-])c2OC1(F)F. The van der Waals surface area contributed by atoms with Crippen LogP contribution in [0.4, 0.5) is 20.2 Å². The van der Waals surface area contributed by atoms with Gasteiger partial charge in [-0.3, -0.25) is 20.2 Å². The van der Waals surface area contributed by atoms with E-state index in [1.54, 1.807) is 0 Å². The van der Waals surface area contributed by atoms with Crippen LogP contribution in [0.25, 0.3) is 0 Å². The fraction of sp³-hybridized carbons (Fsp3) is 0.400. The number of fused-ring (bicyclic) bond motifs is 1. The minimum atomic E-state index is -3.82. The van der Waals surface area contributed by atoms with Gasteiger partial charge < -0.3 is 9.47 Å². The molecule has 2 rings (SSSR count). The number of ether oxygens (including phenoxy) is 2. The van der Waals surface area contributed by atoms with Gasteiger partial charge in [0.15, 0.2) is 5.75 Å². The van der Waals surface area contributed by atoms with Crippen LogP contribution >= 0.6 is 0 Å². The van der Waals surface area contributed by atoms with E-state index in [0.29, 0.717) is 6.07 Å². The van der Waals surface area contributed by atoms with Gasteiger partial charge in [0.25, 0.3) is 5.69 Å². The molecule has 8 nitrogen and oxygen atoms in total. The number of rotatable bonds is 2. The summed E-state index contributed by atoms with van der Waals surface area (Å²) in [5, 5.41) is 21.5. The molecule has 0 bridgehead atoms. The van der Waals surface area contributed by atoms with E-state index in [1.807, 2.05) is 0 Å². The standard InChI is InChI=1S/C10H8F2N2O6/c1-9(2)10(11,12)20-8-6(14(17)18)3-5(13(15)16)4-7(8)19-9/h3-4H,1-2H3. The highest BCUT2D eigenvalue weighted by Gasteiger charge is 2.57. The molecule has 1 aliphatic rings. The lowest BCUT2D eigenvalue weighted by Crippen LogP contribution is -2.54. The zero-order valence-corrected chi connectivity index (χ0v) is 10.3. The molecule has 1 heterocycles. The van der Waals surface area contributed by atoms with Gasteiger partial charge in [0.1, 0.15) is 0 Å². The first-order valence-corrected chi connectivity index (χ1v) is 5.28. The second-order valence-corrected chi connectivity index (χ2v) is 4.54. The molecule has 1 aromatic rings. The topological polar surface area (TPSA) is 105 Å². The second kappa shape index (κ2) is 3.99. The first-order valence-electron chi connectivity index (χ1n) is 5.28. The van der Waals surface area contributed by atoms with Crippen LogP contribution in [0.2, 0.25) is 0 Å². The van der Waals surface area contributed by atoms with Crippen LogP contribution < -0.4 is 9.47 Å². The Labute approximate surface area is 110 Å². The lowest BCUT2D eigenvalue weighted by molar-refractivity contribution is -0.397. The summed E-state index contributed by atoms with van der Waals surface area (Å²) >= 11 is 0. The molecular weight excluding hydrogens is 282 g/mol. The highest BCUT2D eigenvalue weighted by Crippen LogP contribution is 2.50. The monoisotopic (exact) mass is 290 g/mol. The molecular formula is C10H8F2N2O6. The summed E-state index contributed by atoms with van der Waals surface area (Å²) in [6, 6.07) is 1.34. The van der Waals surface area contributed by atoms with Gasteiger partial charge in [-0.15, -0.1) is 0 Å². The smallest absolute Gasteiger partial charge is 0.438 e. The number of non-ortho nitro benzene ring substituents is 1. The molecule has 0 unspecified atom stereocenters. The lowest BCUT2D eigenvalue weighted by Gasteiger charge is -2.38. The van der Waals surface area contributed by atoms with Gasteiger partial charge in [-0.25, -0.2) is 0 Å². The quantitative estimate of drug-likeness (QED) is 0.612. The molecule has 0 saturated heterocycles. The zero-order chi connectivity index (χ0) is 15.3. The number of halogens is 2. The van der Waals surface area contributed by atoms with Gasteiger partial charge in [-0.05, 0) is 13.8 Å². The fourth-order valence-electron chi connectivity index (χ4n) is 1.58. The molecule has 0 fully saturated rings. The number of nitro groups is 2. The molecule has 1 aliphatic heterocycles. The lowest BCUT2D eigenvalue weighted by atomic mass is 10.1. The minimum absolute atomic E-state index is 0.471. The van der Waals surface area contributed by atoms with Crippen LogP contribution in [0, 0.1) is 20.2 Å². The number of alkyl halides is 2. The van der Waals surface area contributed by atoms with Crippen LogP contribution in [0.1, 0.15) is 13.8 Å². The highest BCUT2D eigenvalue weighted by molar-refractivity contribution is 5.63. The van der Waals surface area contributed by atoms with Gasteiger partial charge in [-0.1, -0.05) is 0 Å². The number of benzene rings is 1. The third kappa shape index (κ3) is 1.98. The van der Waals surface area contributed by atoms with E-state index < -0.39 is 44.4 Å². The fourth-order valence-corrected chi connectivity index (χ4v) is 1.58. The van der Waals surface area contributed by atoms with Gasteiger partial charge in [0, 0.05) is 0 Å². The van der Waals surface area contributed by atoms with Crippen LogP contribution in [0.3, 0.4) is 0 Å². The summed E-state index contributed by atoms with van der Waals surface area (Å²) < 4.78 is 36.6. The summed E-state index contributed by atoms with van der Waals surface area (Å²) in [6.07, 6.45) is -3.82. The van der Waals surface area contributed by atoms with E-state index in [1.165, 1.54) is 0 Å². The second-order valence-electron chi connectivity index (χ2n) is 4.54. The van der Waals surface area contributed by atoms with Gasteiger partial charge >= 0.3 is 11.8 Å². The van der Waals surface area contributed by atoms with Crippen molar-refractivity contribution in [1.29, 1.82) is 0 Å². The van der Waals surface area contributed by atoms with Crippen molar-refractivity contribution in [3.05, 3.63) is 32.4 Å². The Balaban J connectivity index is 2.68. The van der Waals surface area contributed by atoms with Crippen molar-refractivity contribution in [1.82, 2.24) is 0 Å². The Kier molecular flexibility index (Phi) is 2.77. The van der Waals surface area contributed by atoms with Gasteiger partial charge in [0.2, 0.25) is 11.4 Å². The summed E-state index contributed by atoms with van der Waals surface area (Å²) in [5.41, 5.74) is -3.73. The molecule has 10 heteroatoms. The number of nitro benzene ring substituents is 2. The van der Waals surface area contributed by atoms with Crippen LogP contribution in [-0.2, 0) is 0 Å². The van der Waals surface area contributed by atoms with E-state index in [9.17, 15) is 29.0 Å². The van der Waals surface area contributed by atoms with Crippen LogP contribution in [0.15, 0.2) is 12.1 Å². The summed E-state index contributed by atoms with van der Waals surface area (Å²) in [4.78, 5) is 19.6. The van der Waals surface area contributed by atoms with Crippen molar-refractivity contribution >= 4 is 11.4 Å². The van der Waals surface area contributed by atoms with Gasteiger partial charge in [0.05, 0.1) is 22.0 Å². The van der Waals surface area contributed by atoms with Crippen molar-refractivity contribution in [2.75, 3.05) is 0 Å². The zero-order valence-electron chi connectivity index (χ0n) is 10.3. The third-order valence-corrected chi connectivity index (χ3v) is 2.72. The predicted octanol–water partition coefficient (Wildman–Crippen LogP) is 2.65. The van der Waals surface area contributed by atoms with E-state index in [-0.39, 0.29) is 0 Å². The molecule has 108 valence electrons. The van der Waals surface area contributed by atoms with Crippen LogP contribution in [0.5, 0.6) is 11.5 Å². The maximum Gasteiger partial charge on any atom is 0.438 e. The van der Waals surface area contributed by atoms with Crippen molar-refractivity contribution < 1.29 is 28.1 Å². The molecule has 0 amide bonds. The Morgan fingerprint density at radius 1 is 1.10 bits per heavy atom. The Hall–Kier alpha value is -2.52. The Bertz CT molecular complexity index is 616. The molecule has 0 N–H and O–H groups in total. The van der Waals surface area contributed by atoms with Gasteiger partial charge in [-0.2, -0.15) is 8.78 Å². The van der Waals surface area contributed by atoms with Crippen molar-refractivity contribution in [2.24, 2.45) is 0 Å². The molecule has 0 atom stereocenters. The first-order chi connectivity index (χ1) is 9.05. The van der Waals surface area contributed by atoms with Crippen LogP contribution in [-0.4, -0.2) is 21.6 Å². The molecule has 1 aromatic carbocycles. The first kappa shape index (κ1) is 13.9. The number of hydrogen-bond donors (Lipinski definition) is 0. The Morgan fingerprint density at radius 2 is 1.70 bits per heavy atom. The molecule has 0 radical (unpaired) electrons. The summed E-state index contributed by atoms with van der Waals surface area (Å²) in [6.45, 7) is 2.00. The van der Waals surface area contributed by atoms with E-state index >= 15 is 0 Å². The molecule has 0 spiro atoms. The number of nitrogens with zero attached hydrogens (tertiary/aromatic N) is 2. The summed E-state index contributed by atoms with van der Waals surface area (Å²) in [5.74, 6) is -1.30. The molecule has 0 saturated carbocycles. The van der Waals surface area contributed by atoms with Crippen molar-refractivity contribution in [3.8, 4) is 11.5 Å². The average molecular weight is 290 g/mol. The predicted molar refractivity (Wildman–Crippen MR) is 60.0 cm³/mol. The van der Waals surface area contributed by atoms with Crippen molar-refractivity contribution in [3.63, 3.8) is 0 Å². The largest absolute Gasteiger partial charge is 0.473 e. The normalized spacial score (nSPS) is 18.4. The Morgan fingerprint density at radius 3 is 2.20 bits per heavy atom. The van der Waals surface area contributed by atoms with E-state index in [0.717, 1.165) is 19.9 Å². The van der Waals surface area contributed by atoms with E-state index in [4.69, 9.17) is 4.74 Å². The third-order valence-electron chi connectivity index (χ3n) is 2.72. The maximum absolute atomic E-state index is 13.7. The molecule has 0 aromatic heterocycles. The molecule has 20 heavy (non-hydrogen) atoms. The van der Waals surface area contributed by atoms with E-state index in [2.05, 4.69) is 4.74 Å². The molecule has 0 aliphatic carbocycles.